The van der Waals surface area contributed by atoms with Crippen LogP contribution >= 0.6 is 11.3 Å². The van der Waals surface area contributed by atoms with Crippen molar-refractivity contribution in [2.24, 2.45) is 0 Å². The maximum absolute atomic E-state index is 12.8. The number of hydrogen-bond acceptors (Lipinski definition) is 7. The molecule has 10 heteroatoms. The largest absolute Gasteiger partial charge is 0.421 e. The van der Waals surface area contributed by atoms with Gasteiger partial charge in [-0.2, -0.15) is 15.6 Å². The number of carbonyl (C=O) groups is 1. The van der Waals surface area contributed by atoms with E-state index in [1.807, 2.05) is 16.8 Å². The number of nitrogens with one attached hydrogen (secondary N) is 1. The van der Waals surface area contributed by atoms with Crippen molar-refractivity contribution >= 4 is 33.0 Å². The maximum atomic E-state index is 12.8. The van der Waals surface area contributed by atoms with Gasteiger partial charge in [0.2, 0.25) is 27.7 Å². The van der Waals surface area contributed by atoms with E-state index in [-0.39, 0.29) is 17.2 Å². The van der Waals surface area contributed by atoms with Gasteiger partial charge in [0.1, 0.15) is 0 Å². The average molecular weight is 447 g/mol. The van der Waals surface area contributed by atoms with E-state index in [0.29, 0.717) is 37.0 Å². The Hall–Kier alpha value is -2.56. The van der Waals surface area contributed by atoms with Crippen molar-refractivity contribution in [3.63, 3.8) is 0 Å². The maximum Gasteiger partial charge on any atom is 0.248 e. The number of sulfonamides is 1. The minimum absolute atomic E-state index is 0.147. The number of aromatic nitrogens is 2. The van der Waals surface area contributed by atoms with Gasteiger partial charge >= 0.3 is 0 Å². The number of aryl methyl sites for hydroxylation is 1. The van der Waals surface area contributed by atoms with E-state index >= 15 is 0 Å². The fourth-order valence-corrected chi connectivity index (χ4v) is 5.48. The van der Waals surface area contributed by atoms with Crippen molar-refractivity contribution in [2.45, 2.75) is 37.0 Å². The van der Waals surface area contributed by atoms with Crippen molar-refractivity contribution in [3.8, 4) is 11.5 Å². The normalized spacial score (nSPS) is 15.2. The molecule has 0 atom stereocenters. The van der Waals surface area contributed by atoms with Crippen molar-refractivity contribution < 1.29 is 17.6 Å². The van der Waals surface area contributed by atoms with Gasteiger partial charge in [0.25, 0.3) is 0 Å². The van der Waals surface area contributed by atoms with Crippen LogP contribution in [0.5, 0.6) is 0 Å². The SMILES string of the molecule is O=C(CCc1nnc(-c2ccsc2)o1)Nc1cccc(S(=O)(=O)N2CCCCC2)c1. The van der Waals surface area contributed by atoms with Crippen molar-refractivity contribution in [3.05, 3.63) is 47.0 Å². The predicted octanol–water partition coefficient (Wildman–Crippen LogP) is 3.54. The zero-order chi connectivity index (χ0) is 21.0. The molecule has 0 unspecified atom stereocenters. The fourth-order valence-electron chi connectivity index (χ4n) is 3.29. The summed E-state index contributed by atoms with van der Waals surface area (Å²) >= 11 is 1.54. The Labute approximate surface area is 179 Å². The lowest BCUT2D eigenvalue weighted by Crippen LogP contribution is -2.35. The number of thiophene rings is 1. The molecule has 1 aromatic carbocycles. The number of carbonyl (C=O) groups excluding carboxylic acids is 1. The topological polar surface area (TPSA) is 105 Å². The van der Waals surface area contributed by atoms with Gasteiger partial charge in [-0.1, -0.05) is 12.5 Å². The van der Waals surface area contributed by atoms with Gasteiger partial charge in [-0.25, -0.2) is 8.42 Å². The van der Waals surface area contributed by atoms with Crippen LogP contribution in [-0.4, -0.2) is 41.9 Å². The summed E-state index contributed by atoms with van der Waals surface area (Å²) in [5.41, 5.74) is 1.30. The smallest absolute Gasteiger partial charge is 0.248 e. The van der Waals surface area contributed by atoms with Gasteiger partial charge in [0, 0.05) is 42.6 Å². The fraction of sp³-hybridized carbons (Fsp3) is 0.350. The third-order valence-electron chi connectivity index (χ3n) is 4.87. The molecule has 1 aliphatic heterocycles. The van der Waals surface area contributed by atoms with Crippen LogP contribution in [0.4, 0.5) is 5.69 Å². The highest BCUT2D eigenvalue weighted by atomic mass is 32.2. The molecule has 3 aromatic rings. The van der Waals surface area contributed by atoms with E-state index in [1.54, 1.807) is 18.2 Å². The highest BCUT2D eigenvalue weighted by molar-refractivity contribution is 7.89. The van der Waals surface area contributed by atoms with Crippen molar-refractivity contribution in [1.29, 1.82) is 0 Å². The van der Waals surface area contributed by atoms with E-state index in [2.05, 4.69) is 15.5 Å². The Balaban J connectivity index is 1.36. The summed E-state index contributed by atoms with van der Waals surface area (Å²) in [6.07, 6.45) is 3.25. The molecule has 0 aliphatic carbocycles. The molecular weight excluding hydrogens is 424 g/mol. The van der Waals surface area contributed by atoms with Crippen LogP contribution in [0.25, 0.3) is 11.5 Å². The third-order valence-corrected chi connectivity index (χ3v) is 7.45. The molecule has 2 aromatic heterocycles. The zero-order valence-electron chi connectivity index (χ0n) is 16.3. The lowest BCUT2D eigenvalue weighted by atomic mass is 10.2. The number of benzene rings is 1. The van der Waals surface area contributed by atoms with Crippen LogP contribution in [-0.2, 0) is 21.2 Å². The third kappa shape index (κ3) is 4.77. The van der Waals surface area contributed by atoms with Crippen LogP contribution in [0.3, 0.4) is 0 Å². The van der Waals surface area contributed by atoms with Gasteiger partial charge in [-0.05, 0) is 42.5 Å². The second-order valence-electron chi connectivity index (χ2n) is 7.05. The molecule has 0 spiro atoms. The minimum atomic E-state index is -3.54. The van der Waals surface area contributed by atoms with Crippen LogP contribution in [0.1, 0.15) is 31.6 Å². The predicted molar refractivity (Wildman–Crippen MR) is 114 cm³/mol. The molecule has 3 heterocycles. The van der Waals surface area contributed by atoms with E-state index in [9.17, 15) is 13.2 Å². The number of rotatable bonds is 7. The standard InChI is InChI=1S/C20H22N4O4S2/c25-18(7-8-19-22-23-20(28-19)15-9-12-29-14-15)21-16-5-4-6-17(13-16)30(26,27)24-10-2-1-3-11-24/h4-6,9,12-14H,1-3,7-8,10-11H2,(H,21,25). The first-order valence-corrected chi connectivity index (χ1v) is 12.2. The van der Waals surface area contributed by atoms with Crippen LogP contribution in [0.15, 0.2) is 50.4 Å². The van der Waals surface area contributed by atoms with E-state index in [0.717, 1.165) is 24.8 Å². The van der Waals surface area contributed by atoms with Crippen molar-refractivity contribution in [2.75, 3.05) is 18.4 Å². The Morgan fingerprint density at radius 2 is 2.00 bits per heavy atom. The Bertz CT molecular complexity index is 1100. The summed E-state index contributed by atoms with van der Waals surface area (Å²) in [7, 11) is -3.54. The molecule has 8 nitrogen and oxygen atoms in total. The lowest BCUT2D eigenvalue weighted by Gasteiger charge is -2.26. The van der Waals surface area contributed by atoms with E-state index in [4.69, 9.17) is 4.42 Å². The summed E-state index contributed by atoms with van der Waals surface area (Å²) in [5.74, 6) is 0.563. The number of hydrogen-bond donors (Lipinski definition) is 1. The number of nitrogens with zero attached hydrogens (tertiary/aromatic N) is 3. The van der Waals surface area contributed by atoms with Gasteiger partial charge in [-0.3, -0.25) is 4.79 Å². The quantitative estimate of drug-likeness (QED) is 0.595. The molecule has 1 fully saturated rings. The summed E-state index contributed by atoms with van der Waals surface area (Å²) in [4.78, 5) is 12.5. The van der Waals surface area contributed by atoms with E-state index < -0.39 is 10.0 Å². The molecule has 158 valence electrons. The molecule has 0 saturated carbocycles. The monoisotopic (exact) mass is 446 g/mol. The number of anilines is 1. The van der Waals surface area contributed by atoms with Gasteiger partial charge < -0.3 is 9.73 Å². The molecule has 0 bridgehead atoms. The van der Waals surface area contributed by atoms with Crippen LogP contribution in [0, 0.1) is 0 Å². The summed E-state index contributed by atoms with van der Waals surface area (Å²) in [6, 6.07) is 8.26. The summed E-state index contributed by atoms with van der Waals surface area (Å²) in [6.45, 7) is 1.08. The summed E-state index contributed by atoms with van der Waals surface area (Å²) < 4.78 is 32.7. The highest BCUT2D eigenvalue weighted by Crippen LogP contribution is 2.23. The van der Waals surface area contributed by atoms with E-state index in [1.165, 1.54) is 21.7 Å². The highest BCUT2D eigenvalue weighted by Gasteiger charge is 2.26. The first-order chi connectivity index (χ1) is 14.5. The Morgan fingerprint density at radius 1 is 1.17 bits per heavy atom. The average Bonchev–Trinajstić information content (AvgIpc) is 3.45. The number of piperidine rings is 1. The second kappa shape index (κ2) is 9.07. The molecule has 1 N–H and O–H groups in total. The lowest BCUT2D eigenvalue weighted by molar-refractivity contribution is -0.116. The van der Waals surface area contributed by atoms with Crippen LogP contribution < -0.4 is 5.32 Å². The van der Waals surface area contributed by atoms with Gasteiger partial charge in [-0.15, -0.1) is 10.2 Å². The van der Waals surface area contributed by atoms with Gasteiger partial charge in [0.15, 0.2) is 0 Å². The molecule has 4 rings (SSSR count). The summed E-state index contributed by atoms with van der Waals surface area (Å²) in [5, 5.41) is 14.5. The number of amides is 1. The zero-order valence-corrected chi connectivity index (χ0v) is 17.9. The first-order valence-electron chi connectivity index (χ1n) is 9.77. The van der Waals surface area contributed by atoms with Gasteiger partial charge in [0.05, 0.1) is 4.90 Å². The Morgan fingerprint density at radius 3 is 2.77 bits per heavy atom. The van der Waals surface area contributed by atoms with Crippen LogP contribution in [0.2, 0.25) is 0 Å². The molecular formula is C20H22N4O4S2. The second-order valence-corrected chi connectivity index (χ2v) is 9.77. The molecule has 1 saturated heterocycles. The molecule has 1 aliphatic rings. The molecule has 30 heavy (non-hydrogen) atoms. The minimum Gasteiger partial charge on any atom is -0.421 e. The first kappa shape index (κ1) is 20.7. The Kier molecular flexibility index (Phi) is 6.26. The molecule has 1 amide bonds. The van der Waals surface area contributed by atoms with Crippen molar-refractivity contribution in [1.82, 2.24) is 14.5 Å². The molecule has 0 radical (unpaired) electrons.